The second-order valence-electron chi connectivity index (χ2n) is 31.5. The molecule has 3 heterocycles. The van der Waals surface area contributed by atoms with Crippen molar-refractivity contribution >= 4 is 49.4 Å². The largest absolute Gasteiger partial charge is 0.238 e. The van der Waals surface area contributed by atoms with Crippen LogP contribution in [0.4, 0.5) is 17.1 Å². The Morgan fingerprint density at radius 2 is 0.288 bits per heavy atom. The summed E-state index contributed by atoms with van der Waals surface area (Å²) >= 11 is 0. The average Bonchev–Trinajstić information content (AvgIpc) is 0.773. The Bertz CT molecular complexity index is 7880. The topological polar surface area (TPSA) is 129 Å². The molecule has 0 saturated heterocycles. The average molecular weight is 1690 g/mol. The van der Waals surface area contributed by atoms with Gasteiger partial charge in [0.2, 0.25) is 0 Å². The van der Waals surface area contributed by atoms with Crippen LogP contribution in [-0.4, -0.2) is 44.9 Å². The zero-order chi connectivity index (χ0) is 88.9. The van der Waals surface area contributed by atoms with E-state index in [4.69, 9.17) is 64.6 Å². The first-order chi connectivity index (χ1) is 65.3. The Kier molecular flexibility index (Phi) is 23.4. The van der Waals surface area contributed by atoms with Gasteiger partial charge in [-0.2, -0.15) is 0 Å². The zero-order valence-corrected chi connectivity index (χ0v) is 71.2. The summed E-state index contributed by atoms with van der Waals surface area (Å²) in [5.74, 6) is 5.75. The number of hydrogen-bond acceptors (Lipinski definition) is 9. The van der Waals surface area contributed by atoms with Gasteiger partial charge in [0.15, 0.2) is 69.5 Å². The minimum Gasteiger partial charge on any atom is -0.238 e. The predicted octanol–water partition coefficient (Wildman–Crippen LogP) is 31.4. The highest BCUT2D eigenvalue weighted by molar-refractivity contribution is 6.09. The van der Waals surface area contributed by atoms with E-state index < -0.39 is 0 Å². The van der Waals surface area contributed by atoms with E-state index in [1.165, 1.54) is 38.1 Å². The molecule has 0 unspecified atom stereocenters. The Hall–Kier alpha value is -18.5. The minimum absolute atomic E-state index is 0.625. The second-order valence-corrected chi connectivity index (χ2v) is 31.5. The Balaban J connectivity index is 0.000000124. The number of rotatable bonds is 16. The summed E-state index contributed by atoms with van der Waals surface area (Å²) in [6.07, 6.45) is 0. The molecule has 0 aliphatic carbocycles. The van der Waals surface area contributed by atoms with E-state index in [-0.39, 0.29) is 0 Å². The highest BCUT2D eigenvalue weighted by atomic mass is 15.1. The van der Waals surface area contributed by atoms with Gasteiger partial charge in [0, 0.05) is 50.1 Å². The minimum atomic E-state index is 0.625. The molecule has 19 aromatic carbocycles. The van der Waals surface area contributed by atoms with Gasteiger partial charge in [-0.3, -0.25) is 0 Å². The van der Waals surface area contributed by atoms with Crippen LogP contribution in [0.15, 0.2) is 461 Å². The van der Waals surface area contributed by atoms with Crippen molar-refractivity contribution in [3.05, 3.63) is 495 Å². The number of benzene rings is 19. The van der Waals surface area contributed by atoms with Crippen molar-refractivity contribution < 1.29 is 0 Å². The molecule has 0 fully saturated rings. The van der Waals surface area contributed by atoms with Crippen LogP contribution in [0.5, 0.6) is 0 Å². The Morgan fingerprint density at radius 1 is 0.129 bits per heavy atom. The molecule has 22 rings (SSSR count). The molecule has 22 aromatic rings. The molecule has 0 N–H and O–H groups in total. The summed E-state index contributed by atoms with van der Waals surface area (Å²) in [6.45, 7) is 21.9. The summed E-state index contributed by atoms with van der Waals surface area (Å²) in [4.78, 5) is 54.5. The predicted molar refractivity (Wildman–Crippen MR) is 538 cm³/mol. The first-order valence-electron chi connectivity index (χ1n) is 43.3. The van der Waals surface area contributed by atoms with Crippen molar-refractivity contribution in [2.24, 2.45) is 0 Å². The molecular formula is C120H76N12. The van der Waals surface area contributed by atoms with E-state index in [1.807, 2.05) is 255 Å². The zero-order valence-electron chi connectivity index (χ0n) is 71.2. The van der Waals surface area contributed by atoms with E-state index in [9.17, 15) is 0 Å². The molecule has 12 nitrogen and oxygen atoms in total. The van der Waals surface area contributed by atoms with Gasteiger partial charge >= 0.3 is 0 Å². The lowest BCUT2D eigenvalue weighted by molar-refractivity contribution is 1.07. The fourth-order valence-corrected chi connectivity index (χ4v) is 16.7. The summed E-state index contributed by atoms with van der Waals surface area (Å²) in [5, 5.41) is 7.06. The number of hydrogen-bond donors (Lipinski definition) is 0. The molecule has 0 spiro atoms. The Morgan fingerprint density at radius 3 is 0.515 bits per heavy atom. The number of aromatic nitrogens is 9. The van der Waals surface area contributed by atoms with Crippen LogP contribution in [0.1, 0.15) is 0 Å². The molecule has 0 radical (unpaired) electrons. The van der Waals surface area contributed by atoms with Crippen molar-refractivity contribution in [2.45, 2.75) is 0 Å². The summed E-state index contributed by atoms with van der Waals surface area (Å²) in [7, 11) is 0. The van der Waals surface area contributed by atoms with Gasteiger partial charge < -0.3 is 0 Å². The SMILES string of the molecule is [C-]#[N+]c1ccc(-c2ccc(-c3cccc4cccc(-c5ccc(-c6nc(-c7ccccc7)nc(-c7ccccc7)n6)cc5)c34)cc2)cc1.[C-]#[N+]c1ccc(-c2cccc3cccc(-c4ccc(-c5nc(-c6ccccc6)nc(-c6ccccc6)n5)cc4)c23)cc1.[C-]#[N+]c1ccc(-c2cccc3cccc(-c4cccc(-c5nc(-c6ccccc6)nc(-c6ccccc6)n5)c4)c23)cc1. The highest BCUT2D eigenvalue weighted by Crippen LogP contribution is 2.44. The van der Waals surface area contributed by atoms with Gasteiger partial charge in [-0.25, -0.2) is 59.4 Å². The number of fused-ring (bicyclic) bond motifs is 3. The third-order valence-corrected chi connectivity index (χ3v) is 23.3. The van der Waals surface area contributed by atoms with E-state index in [0.29, 0.717) is 69.5 Å². The lowest BCUT2D eigenvalue weighted by Crippen LogP contribution is -2.00. The molecule has 12 heteroatoms. The first-order valence-corrected chi connectivity index (χ1v) is 43.3. The van der Waals surface area contributed by atoms with Crippen molar-refractivity contribution in [1.82, 2.24) is 44.9 Å². The van der Waals surface area contributed by atoms with Crippen LogP contribution in [0.25, 0.3) is 227 Å². The fraction of sp³-hybridized carbons (Fsp3) is 0. The van der Waals surface area contributed by atoms with Crippen LogP contribution >= 0.6 is 0 Å². The van der Waals surface area contributed by atoms with Crippen molar-refractivity contribution in [2.75, 3.05) is 0 Å². The maximum Gasteiger partial charge on any atom is 0.187 e. The maximum atomic E-state index is 7.32. The van der Waals surface area contributed by atoms with Crippen LogP contribution in [0.2, 0.25) is 0 Å². The standard InChI is InChI=1S/C44H28N4.2C38H24N4/c1-45-38-28-26-31(27-29-38)30-18-20-32(21-19-30)39-16-8-14-34-15-9-17-40(41(34)39)33-22-24-37(25-23-33)44-47-42(35-10-4-2-5-11-35)46-43(48-44)36-12-6-3-7-13-36;1-39-32-23-21-26(22-24-32)33-19-9-15-27-16-10-20-34(35(27)33)30-17-8-18-31(25-30)38-41-36(28-11-4-2-5-12-28)40-37(42-38)29-13-6-3-7-14-29;1-39-32-24-22-27(23-25-32)34-17-9-15-28-14-8-16-33(35(28)34)26-18-20-31(21-19-26)38-41-36(29-10-4-2-5-11-29)40-37(42-38)30-12-6-3-7-13-30/h2-29H;2*2-25H. The molecule has 0 amide bonds. The smallest absolute Gasteiger partial charge is 0.187 e. The van der Waals surface area contributed by atoms with Gasteiger partial charge in [0.05, 0.1) is 19.7 Å². The van der Waals surface area contributed by atoms with Crippen molar-refractivity contribution in [1.29, 1.82) is 0 Å². The monoisotopic (exact) mass is 1680 g/mol. The van der Waals surface area contributed by atoms with Crippen LogP contribution in [0.3, 0.4) is 0 Å². The lowest BCUT2D eigenvalue weighted by atomic mass is 9.90. The van der Waals surface area contributed by atoms with Crippen LogP contribution < -0.4 is 0 Å². The number of nitrogens with zero attached hydrogens (tertiary/aromatic N) is 12. The lowest BCUT2D eigenvalue weighted by Gasteiger charge is -2.14. The van der Waals surface area contributed by atoms with E-state index >= 15 is 0 Å². The fourth-order valence-electron chi connectivity index (χ4n) is 16.7. The van der Waals surface area contributed by atoms with Crippen molar-refractivity contribution in [3.8, 4) is 180 Å². The molecule has 3 aromatic heterocycles. The van der Waals surface area contributed by atoms with Gasteiger partial charge in [-0.1, -0.05) is 455 Å². The molecule has 0 aliphatic heterocycles. The van der Waals surface area contributed by atoms with E-state index in [1.54, 1.807) is 0 Å². The third kappa shape index (κ3) is 17.7. The van der Waals surface area contributed by atoms with Crippen LogP contribution in [-0.2, 0) is 0 Å². The molecule has 0 aliphatic rings. The third-order valence-electron chi connectivity index (χ3n) is 23.3. The van der Waals surface area contributed by atoms with Crippen molar-refractivity contribution in [3.63, 3.8) is 0 Å². The van der Waals surface area contributed by atoms with Gasteiger partial charge in [-0.05, 0) is 116 Å². The summed E-state index contributed by atoms with van der Waals surface area (Å²) < 4.78 is 0. The van der Waals surface area contributed by atoms with Gasteiger partial charge in [-0.15, -0.1) is 0 Å². The molecule has 0 atom stereocenters. The summed E-state index contributed by atoms with van der Waals surface area (Å²) in [5.41, 5.74) is 26.1. The first kappa shape index (κ1) is 81.8. The second kappa shape index (κ2) is 37.7. The highest BCUT2D eigenvalue weighted by Gasteiger charge is 2.21. The van der Waals surface area contributed by atoms with Gasteiger partial charge in [0.1, 0.15) is 0 Å². The normalized spacial score (nSPS) is 10.9. The van der Waals surface area contributed by atoms with E-state index in [2.05, 4.69) is 221 Å². The molecule has 616 valence electrons. The molecular weight excluding hydrogens is 1610 g/mol. The van der Waals surface area contributed by atoms with Gasteiger partial charge in [0.25, 0.3) is 0 Å². The van der Waals surface area contributed by atoms with Crippen LogP contribution in [0, 0.1) is 19.7 Å². The Labute approximate surface area is 764 Å². The molecule has 132 heavy (non-hydrogen) atoms. The quantitative estimate of drug-likeness (QED) is 0.0868. The maximum absolute atomic E-state index is 7.32. The van der Waals surface area contributed by atoms with E-state index in [0.717, 1.165) is 122 Å². The molecule has 0 bridgehead atoms. The molecule has 0 saturated carbocycles. The summed E-state index contributed by atoms with van der Waals surface area (Å²) in [6, 6.07) is 156.